The summed E-state index contributed by atoms with van der Waals surface area (Å²) in [5.74, 6) is 0. The predicted octanol–water partition coefficient (Wildman–Crippen LogP) is -0.347. The van der Waals surface area contributed by atoms with Crippen molar-refractivity contribution in [2.45, 2.75) is 6.10 Å². The number of carboxylic acid groups (broad SMARTS) is 1. The van der Waals surface area contributed by atoms with Gasteiger partial charge >= 0.3 is 0 Å². The molecule has 70 valence electrons. The molecule has 1 amide bonds. The highest BCUT2D eigenvalue weighted by atomic mass is 16.4. The van der Waals surface area contributed by atoms with Crippen LogP contribution in [0.5, 0.6) is 0 Å². The second kappa shape index (κ2) is 4.47. The first-order chi connectivity index (χ1) is 6.20. The number of hydrogen-bond acceptors (Lipinski definition) is 3. The fourth-order valence-electron chi connectivity index (χ4n) is 0.973. The van der Waals surface area contributed by atoms with E-state index in [1.165, 1.54) is 0 Å². The Morgan fingerprint density at radius 3 is 2.62 bits per heavy atom. The van der Waals surface area contributed by atoms with Gasteiger partial charge in [-0.1, -0.05) is 30.3 Å². The SMILES string of the molecule is O=C([O-])NCC(O)c1ccccc1. The van der Waals surface area contributed by atoms with E-state index in [0.29, 0.717) is 5.56 Å². The normalized spacial score (nSPS) is 12.1. The number of aliphatic hydroxyl groups excluding tert-OH is 1. The van der Waals surface area contributed by atoms with Crippen LogP contribution < -0.4 is 10.4 Å². The molecule has 4 heteroatoms. The van der Waals surface area contributed by atoms with Crippen molar-refractivity contribution in [3.8, 4) is 0 Å². The van der Waals surface area contributed by atoms with Gasteiger partial charge in [0.15, 0.2) is 0 Å². The Bertz CT molecular complexity index is 273. The van der Waals surface area contributed by atoms with Gasteiger partial charge in [-0.3, -0.25) is 0 Å². The molecular weight excluding hydrogens is 170 g/mol. The maximum absolute atomic E-state index is 10.0. The molecule has 0 aliphatic carbocycles. The first-order valence-electron chi connectivity index (χ1n) is 3.88. The molecule has 0 saturated carbocycles. The molecule has 0 heterocycles. The lowest BCUT2D eigenvalue weighted by molar-refractivity contribution is -0.251. The van der Waals surface area contributed by atoms with Crippen molar-refractivity contribution in [1.29, 1.82) is 0 Å². The Morgan fingerprint density at radius 1 is 1.46 bits per heavy atom. The highest BCUT2D eigenvalue weighted by Gasteiger charge is 2.04. The second-order valence-corrected chi connectivity index (χ2v) is 2.59. The topological polar surface area (TPSA) is 72.4 Å². The second-order valence-electron chi connectivity index (χ2n) is 2.59. The van der Waals surface area contributed by atoms with E-state index in [4.69, 9.17) is 0 Å². The minimum Gasteiger partial charge on any atom is -0.530 e. The van der Waals surface area contributed by atoms with Crippen LogP contribution in [0.1, 0.15) is 11.7 Å². The van der Waals surface area contributed by atoms with E-state index in [1.807, 2.05) is 11.4 Å². The van der Waals surface area contributed by atoms with Crippen LogP contribution in [0.3, 0.4) is 0 Å². The Hall–Kier alpha value is -1.55. The van der Waals surface area contributed by atoms with Crippen LogP contribution in [0.25, 0.3) is 0 Å². The fourth-order valence-corrected chi connectivity index (χ4v) is 0.973. The summed E-state index contributed by atoms with van der Waals surface area (Å²) in [7, 11) is 0. The van der Waals surface area contributed by atoms with E-state index in [9.17, 15) is 15.0 Å². The molecule has 1 aromatic carbocycles. The van der Waals surface area contributed by atoms with Crippen LogP contribution >= 0.6 is 0 Å². The van der Waals surface area contributed by atoms with Crippen LogP contribution in [0.15, 0.2) is 30.3 Å². The molecule has 13 heavy (non-hydrogen) atoms. The van der Waals surface area contributed by atoms with Gasteiger partial charge in [-0.25, -0.2) is 0 Å². The summed E-state index contributed by atoms with van der Waals surface area (Å²) in [6.07, 6.45) is -2.20. The quantitative estimate of drug-likeness (QED) is 0.668. The van der Waals surface area contributed by atoms with Gasteiger partial charge in [0.1, 0.15) is 6.09 Å². The molecule has 1 rings (SSSR count). The van der Waals surface area contributed by atoms with Crippen molar-refractivity contribution in [3.63, 3.8) is 0 Å². The zero-order valence-electron chi connectivity index (χ0n) is 6.93. The molecule has 0 spiro atoms. The maximum Gasteiger partial charge on any atom is 0.134 e. The molecule has 0 radical (unpaired) electrons. The summed E-state index contributed by atoms with van der Waals surface area (Å²) in [5, 5.41) is 21.4. The molecule has 1 unspecified atom stereocenters. The van der Waals surface area contributed by atoms with Crippen LogP contribution in [0.2, 0.25) is 0 Å². The van der Waals surface area contributed by atoms with Crippen molar-refractivity contribution >= 4 is 6.09 Å². The van der Waals surface area contributed by atoms with Gasteiger partial charge in [0, 0.05) is 6.54 Å². The van der Waals surface area contributed by atoms with E-state index in [2.05, 4.69) is 0 Å². The lowest BCUT2D eigenvalue weighted by Gasteiger charge is -2.12. The fraction of sp³-hybridized carbons (Fsp3) is 0.222. The molecule has 4 nitrogen and oxygen atoms in total. The van der Waals surface area contributed by atoms with Crippen LogP contribution in [0.4, 0.5) is 4.79 Å². The van der Waals surface area contributed by atoms with Gasteiger partial charge in [-0.15, -0.1) is 0 Å². The third-order valence-corrected chi connectivity index (χ3v) is 1.62. The Morgan fingerprint density at radius 2 is 2.08 bits per heavy atom. The van der Waals surface area contributed by atoms with E-state index < -0.39 is 12.2 Å². The van der Waals surface area contributed by atoms with Crippen LogP contribution in [0, 0.1) is 0 Å². The van der Waals surface area contributed by atoms with Crippen molar-refractivity contribution in [1.82, 2.24) is 5.32 Å². The molecule has 0 bridgehead atoms. The average Bonchev–Trinajstić information content (AvgIpc) is 2.15. The predicted molar refractivity (Wildman–Crippen MR) is 44.8 cm³/mol. The molecule has 0 aliphatic rings. The number of nitrogens with one attached hydrogen (secondary N) is 1. The van der Waals surface area contributed by atoms with Crippen molar-refractivity contribution in [2.24, 2.45) is 0 Å². The van der Waals surface area contributed by atoms with Gasteiger partial charge in [-0.05, 0) is 5.56 Å². The third-order valence-electron chi connectivity index (χ3n) is 1.62. The highest BCUT2D eigenvalue weighted by Crippen LogP contribution is 2.09. The average molecular weight is 180 g/mol. The van der Waals surface area contributed by atoms with Gasteiger partial charge in [0.05, 0.1) is 6.10 Å². The van der Waals surface area contributed by atoms with E-state index in [-0.39, 0.29) is 6.54 Å². The Kier molecular flexibility index (Phi) is 3.28. The Balaban J connectivity index is 2.49. The standard InChI is InChI=1S/C9H11NO3/c11-8(6-10-9(12)13)7-4-2-1-3-5-7/h1-5,8,10-11H,6H2,(H,12,13)/p-1. The van der Waals surface area contributed by atoms with Crippen molar-refractivity contribution < 1.29 is 15.0 Å². The lowest BCUT2D eigenvalue weighted by atomic mass is 10.1. The van der Waals surface area contributed by atoms with Crippen LogP contribution in [-0.2, 0) is 0 Å². The van der Waals surface area contributed by atoms with Gasteiger partial charge in [0.2, 0.25) is 0 Å². The molecule has 2 N–H and O–H groups in total. The van der Waals surface area contributed by atoms with E-state index in [1.54, 1.807) is 24.3 Å². The zero-order chi connectivity index (χ0) is 9.68. The first-order valence-corrected chi connectivity index (χ1v) is 3.88. The number of amides is 1. The number of benzene rings is 1. The first kappa shape index (κ1) is 9.54. The largest absolute Gasteiger partial charge is 0.530 e. The summed E-state index contributed by atoms with van der Waals surface area (Å²) in [6, 6.07) is 8.82. The highest BCUT2D eigenvalue weighted by molar-refractivity contribution is 5.61. The lowest BCUT2D eigenvalue weighted by Crippen LogP contribution is -2.38. The monoisotopic (exact) mass is 180 g/mol. The zero-order valence-corrected chi connectivity index (χ0v) is 6.93. The van der Waals surface area contributed by atoms with Crippen molar-refractivity contribution in [3.05, 3.63) is 35.9 Å². The smallest absolute Gasteiger partial charge is 0.134 e. The third kappa shape index (κ3) is 3.13. The summed E-state index contributed by atoms with van der Waals surface area (Å²) in [6.45, 7) is -0.0493. The molecule has 1 aromatic rings. The van der Waals surface area contributed by atoms with Gasteiger partial charge in [-0.2, -0.15) is 0 Å². The van der Waals surface area contributed by atoms with Gasteiger partial charge < -0.3 is 20.3 Å². The number of rotatable bonds is 3. The Labute approximate surface area is 75.8 Å². The minimum atomic E-state index is -1.38. The maximum atomic E-state index is 10.0. The number of hydrogen-bond donors (Lipinski definition) is 2. The number of carbonyl (C=O) groups is 1. The summed E-state index contributed by atoms with van der Waals surface area (Å²) in [4.78, 5) is 10.0. The molecule has 0 aromatic heterocycles. The molecule has 0 saturated heterocycles. The summed E-state index contributed by atoms with van der Waals surface area (Å²) < 4.78 is 0. The minimum absolute atomic E-state index is 0.0493. The van der Waals surface area contributed by atoms with E-state index in [0.717, 1.165) is 0 Å². The summed E-state index contributed by atoms with van der Waals surface area (Å²) in [5.41, 5.74) is 0.677. The van der Waals surface area contributed by atoms with Crippen LogP contribution in [-0.4, -0.2) is 17.7 Å². The number of aliphatic hydroxyl groups is 1. The molecule has 0 fully saturated rings. The van der Waals surface area contributed by atoms with Crippen molar-refractivity contribution in [2.75, 3.05) is 6.54 Å². The van der Waals surface area contributed by atoms with Gasteiger partial charge in [0.25, 0.3) is 0 Å². The molecule has 1 atom stereocenters. The molecule has 0 aliphatic heterocycles. The number of carbonyl (C=O) groups excluding carboxylic acids is 1. The van der Waals surface area contributed by atoms with E-state index >= 15 is 0 Å². The molecular formula is C9H10NO3-. The summed E-state index contributed by atoms with van der Waals surface area (Å²) >= 11 is 0.